The molecule has 0 aliphatic carbocycles. The Hall–Kier alpha value is -5.09. The number of H-pyrrole nitrogens is 1. The Kier molecular flexibility index (Phi) is 15.4. The van der Waals surface area contributed by atoms with Crippen molar-refractivity contribution in [3.05, 3.63) is 97.3 Å². The van der Waals surface area contributed by atoms with Crippen LogP contribution in [0.1, 0.15) is 136 Å². The maximum Gasteiger partial charge on any atom is 0.303 e. The molecule has 3 atom stereocenters. The van der Waals surface area contributed by atoms with Gasteiger partial charge in [-0.15, -0.1) is 0 Å². The van der Waals surface area contributed by atoms with Gasteiger partial charge in [-0.2, -0.15) is 0 Å². The van der Waals surface area contributed by atoms with Crippen molar-refractivity contribution >= 4 is 47.3 Å². The zero-order valence-electron chi connectivity index (χ0n) is 36.1. The van der Waals surface area contributed by atoms with Crippen LogP contribution in [0.2, 0.25) is 0 Å². The second-order valence-corrected chi connectivity index (χ2v) is 17.3. The molecule has 5 N–H and O–H groups in total. The van der Waals surface area contributed by atoms with E-state index < -0.39 is 18.0 Å². The summed E-state index contributed by atoms with van der Waals surface area (Å²) in [5.74, 6) is 0.162. The molecule has 0 aromatic carbocycles. The van der Waals surface area contributed by atoms with Crippen molar-refractivity contribution in [2.45, 2.75) is 138 Å². The summed E-state index contributed by atoms with van der Waals surface area (Å²) in [4.78, 5) is 42.0. The van der Waals surface area contributed by atoms with E-state index in [2.05, 4.69) is 39.3 Å². The van der Waals surface area contributed by atoms with Crippen molar-refractivity contribution in [1.82, 2.24) is 4.98 Å². The van der Waals surface area contributed by atoms with Gasteiger partial charge in [0.1, 0.15) is 0 Å². The Morgan fingerprint density at radius 1 is 0.712 bits per heavy atom. The largest absolute Gasteiger partial charge is 0.515 e. The van der Waals surface area contributed by atoms with Gasteiger partial charge in [0.2, 0.25) is 0 Å². The SMILES string of the molecule is C=Cc1c(C)c2[nH]c1=CC1=NC(=CC3=C(CCC(=O)O)/C(=C/O)C(=N3)C=C3N=C(C=2)C(C(O)CCCC(C)CCCC(C)CCCC(C)C)=C3C)C(CCC(=O)O)=C1C. The Morgan fingerprint density at radius 2 is 1.29 bits per heavy atom. The molecule has 4 aliphatic heterocycles. The van der Waals surface area contributed by atoms with E-state index in [4.69, 9.17) is 15.0 Å². The first kappa shape index (κ1) is 45.0. The van der Waals surface area contributed by atoms with Gasteiger partial charge in [0, 0.05) is 40.2 Å². The number of carbonyl (C=O) groups is 2. The first-order valence-electron chi connectivity index (χ1n) is 21.5. The average molecular weight is 805 g/mol. The summed E-state index contributed by atoms with van der Waals surface area (Å²) >= 11 is 0. The maximum atomic E-state index is 11.9. The Bertz CT molecular complexity index is 2250. The number of hydrogen-bond donors (Lipinski definition) is 5. The molecule has 5 rings (SSSR count). The third-order valence-corrected chi connectivity index (χ3v) is 12.2. The first-order chi connectivity index (χ1) is 28.1. The number of aliphatic hydroxyl groups excluding tert-OH is 2. The van der Waals surface area contributed by atoms with Crippen molar-refractivity contribution in [3.8, 4) is 0 Å². The highest BCUT2D eigenvalue weighted by molar-refractivity contribution is 6.25. The molecule has 10 heteroatoms. The minimum Gasteiger partial charge on any atom is -0.515 e. The van der Waals surface area contributed by atoms with Crippen LogP contribution in [0, 0.1) is 24.7 Å². The van der Waals surface area contributed by atoms with E-state index in [1.54, 1.807) is 18.2 Å². The zero-order valence-corrected chi connectivity index (χ0v) is 36.1. The van der Waals surface area contributed by atoms with E-state index in [9.17, 15) is 30.0 Å². The molecule has 0 amide bonds. The van der Waals surface area contributed by atoms with E-state index >= 15 is 0 Å². The summed E-state index contributed by atoms with van der Waals surface area (Å²) in [6.07, 6.45) is 19.5. The Balaban J connectivity index is 1.52. The van der Waals surface area contributed by atoms with Gasteiger partial charge in [0.15, 0.2) is 0 Å². The Labute approximate surface area is 349 Å². The molecule has 1 aromatic heterocycles. The molecule has 5 heterocycles. The molecular formula is C49H64N4O6. The molecule has 0 fully saturated rings. The quantitative estimate of drug-likeness (QED) is 0.0823. The van der Waals surface area contributed by atoms with Crippen LogP contribution < -0.4 is 10.7 Å². The number of aliphatic imine (C=N–C) groups is 3. The van der Waals surface area contributed by atoms with Gasteiger partial charge in [-0.1, -0.05) is 91.7 Å². The lowest BCUT2D eigenvalue weighted by atomic mass is 9.90. The molecule has 4 aliphatic rings. The van der Waals surface area contributed by atoms with Crippen LogP contribution in [-0.2, 0) is 9.59 Å². The first-order valence-corrected chi connectivity index (χ1v) is 21.5. The number of carboxylic acid groups (broad SMARTS) is 2. The summed E-state index contributed by atoms with van der Waals surface area (Å²) in [6.45, 7) is 19.3. The summed E-state index contributed by atoms with van der Waals surface area (Å²) in [6, 6.07) is 0. The molecule has 0 spiro atoms. The van der Waals surface area contributed by atoms with E-state index in [-0.39, 0.29) is 25.7 Å². The van der Waals surface area contributed by atoms with Gasteiger partial charge in [-0.3, -0.25) is 9.59 Å². The van der Waals surface area contributed by atoms with Crippen LogP contribution in [0.4, 0.5) is 0 Å². The molecule has 10 nitrogen and oxygen atoms in total. The maximum absolute atomic E-state index is 11.9. The van der Waals surface area contributed by atoms with Crippen LogP contribution >= 0.6 is 0 Å². The number of rotatable bonds is 20. The summed E-state index contributed by atoms with van der Waals surface area (Å²) in [5.41, 5.74) is 9.05. The highest BCUT2D eigenvalue weighted by Gasteiger charge is 2.30. The third kappa shape index (κ3) is 11.1. The summed E-state index contributed by atoms with van der Waals surface area (Å²) < 4.78 is 0. The van der Waals surface area contributed by atoms with Crippen LogP contribution in [0.3, 0.4) is 0 Å². The second kappa shape index (κ2) is 20.2. The molecule has 0 radical (unpaired) electrons. The number of aliphatic hydroxyl groups is 2. The van der Waals surface area contributed by atoms with Gasteiger partial charge in [-0.25, -0.2) is 15.0 Å². The number of aliphatic carboxylic acids is 2. The highest BCUT2D eigenvalue weighted by atomic mass is 16.4. The molecule has 316 valence electrons. The van der Waals surface area contributed by atoms with Crippen molar-refractivity contribution in [2.75, 3.05) is 0 Å². The second-order valence-electron chi connectivity index (χ2n) is 17.3. The normalized spacial score (nSPS) is 18.7. The number of nitrogens with zero attached hydrogens (tertiary/aromatic N) is 3. The predicted octanol–water partition coefficient (Wildman–Crippen LogP) is 9.53. The van der Waals surface area contributed by atoms with E-state index in [0.717, 1.165) is 75.1 Å². The van der Waals surface area contributed by atoms with Crippen LogP contribution in [-0.4, -0.2) is 60.6 Å². The van der Waals surface area contributed by atoms with Gasteiger partial charge >= 0.3 is 11.9 Å². The van der Waals surface area contributed by atoms with Gasteiger partial charge < -0.3 is 25.4 Å². The van der Waals surface area contributed by atoms with Crippen LogP contribution in [0.15, 0.2) is 90.5 Å². The number of aromatic amines is 1. The number of fused-ring (bicyclic) bond motifs is 5. The Morgan fingerprint density at radius 3 is 1.88 bits per heavy atom. The molecule has 0 saturated carbocycles. The lowest BCUT2D eigenvalue weighted by Crippen LogP contribution is -2.20. The standard InChI is InChI=1S/C49H64N4O6/c1-9-34-31(6)39-25-45-49(46(55)18-12-17-30(5)16-11-15-29(4)14-10-13-28(2)3)33(8)40(52-45)24-44-37(27-54)36(20-22-48(58)59)43(53-44)26-42-35(19-21-47(56)57)32(7)38(51-42)23-41(34)50-39/h9,23-30,46,50,54-55H,1,10-22H2,2-8H3,(H,56,57)(H,58,59)/b37-27-,39-25?,40-24?,41-23?,42-26?. The fourth-order valence-electron chi connectivity index (χ4n) is 8.62. The number of carboxylic acids is 2. The molecular weight excluding hydrogens is 741 g/mol. The predicted molar refractivity (Wildman–Crippen MR) is 240 cm³/mol. The van der Waals surface area contributed by atoms with Crippen LogP contribution in [0.5, 0.6) is 0 Å². The molecule has 8 bridgehead atoms. The van der Waals surface area contributed by atoms with Crippen LogP contribution in [0.25, 0.3) is 18.2 Å². The van der Waals surface area contributed by atoms with E-state index in [1.165, 1.54) is 38.5 Å². The number of hydrogen-bond acceptors (Lipinski definition) is 7. The monoisotopic (exact) mass is 804 g/mol. The zero-order chi connectivity index (χ0) is 43.0. The number of aromatic nitrogens is 1. The van der Waals surface area contributed by atoms with Crippen molar-refractivity contribution < 1.29 is 30.0 Å². The topological polar surface area (TPSA) is 168 Å². The van der Waals surface area contributed by atoms with Gasteiger partial charge in [0.25, 0.3) is 0 Å². The fourth-order valence-corrected chi connectivity index (χ4v) is 8.62. The lowest BCUT2D eigenvalue weighted by molar-refractivity contribution is -0.137. The van der Waals surface area contributed by atoms with Crippen molar-refractivity contribution in [3.63, 3.8) is 0 Å². The fraction of sp³-hybridized carbons (Fsp3) is 0.490. The van der Waals surface area contributed by atoms with Gasteiger partial charge in [-0.05, 0) is 110 Å². The minimum absolute atomic E-state index is 0.0939. The number of allylic oxidation sites excluding steroid dienone is 7. The lowest BCUT2D eigenvalue weighted by Gasteiger charge is -2.17. The molecule has 3 unspecified atom stereocenters. The molecule has 1 aromatic rings. The van der Waals surface area contributed by atoms with Crippen molar-refractivity contribution in [2.24, 2.45) is 32.7 Å². The van der Waals surface area contributed by atoms with E-state index in [1.807, 2.05) is 32.9 Å². The number of nitrogens with one attached hydrogen (secondary N) is 1. The van der Waals surface area contributed by atoms with E-state index in [0.29, 0.717) is 57.7 Å². The summed E-state index contributed by atoms with van der Waals surface area (Å²) in [5, 5.41) is 43.3. The van der Waals surface area contributed by atoms with Crippen molar-refractivity contribution in [1.29, 1.82) is 0 Å². The highest BCUT2D eigenvalue weighted by Crippen LogP contribution is 2.38. The molecule has 0 saturated heterocycles. The third-order valence-electron chi connectivity index (χ3n) is 12.2. The van der Waals surface area contributed by atoms with Gasteiger partial charge in [0.05, 0.1) is 46.6 Å². The molecule has 59 heavy (non-hydrogen) atoms. The minimum atomic E-state index is -0.992. The smallest absolute Gasteiger partial charge is 0.303 e. The average Bonchev–Trinajstić information content (AvgIpc) is 3.85. The summed E-state index contributed by atoms with van der Waals surface area (Å²) in [7, 11) is 0.